The van der Waals surface area contributed by atoms with Gasteiger partial charge in [-0.2, -0.15) is 0 Å². The number of likely N-dealkylation sites (N-methyl/N-ethyl adjacent to an activating group) is 1. The van der Waals surface area contributed by atoms with Crippen molar-refractivity contribution in [3.63, 3.8) is 0 Å². The van der Waals surface area contributed by atoms with Gasteiger partial charge in [0.25, 0.3) is 0 Å². The summed E-state index contributed by atoms with van der Waals surface area (Å²) in [5.74, 6) is 0. The predicted molar refractivity (Wildman–Crippen MR) is 62.4 cm³/mol. The summed E-state index contributed by atoms with van der Waals surface area (Å²) in [6.07, 6.45) is 6.46. The molecule has 1 unspecified atom stereocenters. The van der Waals surface area contributed by atoms with E-state index >= 15 is 0 Å². The summed E-state index contributed by atoms with van der Waals surface area (Å²) in [6.45, 7) is 9.01. The molecular weight excluding hydrogens is 172 g/mol. The first-order valence-electron chi connectivity index (χ1n) is 6.21. The second kappa shape index (κ2) is 5.13. The highest BCUT2D eigenvalue weighted by Crippen LogP contribution is 2.38. The molecule has 0 aromatic heterocycles. The molecule has 1 atom stereocenters. The SMILES string of the molecule is CCC(N)C1(N(CC)CC)CCCC1. The molecule has 2 nitrogen and oxygen atoms in total. The highest BCUT2D eigenvalue weighted by atomic mass is 15.2. The summed E-state index contributed by atoms with van der Waals surface area (Å²) >= 11 is 0. The van der Waals surface area contributed by atoms with Gasteiger partial charge in [-0.3, -0.25) is 4.90 Å². The van der Waals surface area contributed by atoms with Crippen LogP contribution in [0.2, 0.25) is 0 Å². The van der Waals surface area contributed by atoms with Crippen LogP contribution < -0.4 is 5.73 Å². The Labute approximate surface area is 88.8 Å². The van der Waals surface area contributed by atoms with Crippen molar-refractivity contribution in [2.24, 2.45) is 5.73 Å². The predicted octanol–water partition coefficient (Wildman–Crippen LogP) is 2.38. The van der Waals surface area contributed by atoms with E-state index in [4.69, 9.17) is 5.73 Å². The molecule has 1 aliphatic rings. The second-order valence-corrected chi connectivity index (χ2v) is 4.50. The summed E-state index contributed by atoms with van der Waals surface area (Å²) < 4.78 is 0. The van der Waals surface area contributed by atoms with Crippen LogP contribution in [0.3, 0.4) is 0 Å². The van der Waals surface area contributed by atoms with E-state index in [2.05, 4.69) is 25.7 Å². The molecule has 0 saturated heterocycles. The molecule has 1 rings (SSSR count). The summed E-state index contributed by atoms with van der Waals surface area (Å²) in [6, 6.07) is 0.366. The Morgan fingerprint density at radius 2 is 1.64 bits per heavy atom. The molecule has 0 aromatic rings. The van der Waals surface area contributed by atoms with Gasteiger partial charge in [0.2, 0.25) is 0 Å². The molecule has 0 aliphatic heterocycles. The van der Waals surface area contributed by atoms with E-state index < -0.39 is 0 Å². The van der Waals surface area contributed by atoms with Gasteiger partial charge >= 0.3 is 0 Å². The maximum atomic E-state index is 6.32. The van der Waals surface area contributed by atoms with Crippen LogP contribution in [0.5, 0.6) is 0 Å². The van der Waals surface area contributed by atoms with Crippen molar-refractivity contribution >= 4 is 0 Å². The largest absolute Gasteiger partial charge is 0.326 e. The van der Waals surface area contributed by atoms with Crippen molar-refractivity contribution in [3.05, 3.63) is 0 Å². The van der Waals surface area contributed by atoms with Crippen LogP contribution in [0, 0.1) is 0 Å². The Bertz CT molecular complexity index is 158. The van der Waals surface area contributed by atoms with Gasteiger partial charge in [0, 0.05) is 11.6 Å². The fourth-order valence-electron chi connectivity index (χ4n) is 3.14. The van der Waals surface area contributed by atoms with Crippen molar-refractivity contribution in [1.82, 2.24) is 4.90 Å². The van der Waals surface area contributed by atoms with Crippen molar-refractivity contribution in [1.29, 1.82) is 0 Å². The van der Waals surface area contributed by atoms with Gasteiger partial charge < -0.3 is 5.73 Å². The molecule has 0 radical (unpaired) electrons. The summed E-state index contributed by atoms with van der Waals surface area (Å²) in [4.78, 5) is 2.59. The number of nitrogens with two attached hydrogens (primary N) is 1. The fraction of sp³-hybridized carbons (Fsp3) is 1.00. The summed E-state index contributed by atoms with van der Waals surface area (Å²) in [7, 11) is 0. The number of nitrogens with zero attached hydrogens (tertiary/aromatic N) is 1. The van der Waals surface area contributed by atoms with Crippen LogP contribution in [0.25, 0.3) is 0 Å². The van der Waals surface area contributed by atoms with E-state index in [0.29, 0.717) is 11.6 Å². The summed E-state index contributed by atoms with van der Waals surface area (Å²) in [5.41, 5.74) is 6.66. The third-order valence-electron chi connectivity index (χ3n) is 3.99. The minimum atomic E-state index is 0.332. The Hall–Kier alpha value is -0.0800. The summed E-state index contributed by atoms with van der Waals surface area (Å²) in [5, 5.41) is 0. The lowest BCUT2D eigenvalue weighted by Crippen LogP contribution is -2.58. The van der Waals surface area contributed by atoms with E-state index in [-0.39, 0.29) is 0 Å². The van der Waals surface area contributed by atoms with Crippen molar-refractivity contribution in [3.8, 4) is 0 Å². The third kappa shape index (κ3) is 1.96. The van der Waals surface area contributed by atoms with Crippen LogP contribution in [0.15, 0.2) is 0 Å². The van der Waals surface area contributed by atoms with Crippen molar-refractivity contribution in [2.75, 3.05) is 13.1 Å². The molecule has 0 bridgehead atoms. The van der Waals surface area contributed by atoms with Crippen molar-refractivity contribution in [2.45, 2.75) is 64.5 Å². The molecule has 0 spiro atoms. The zero-order valence-corrected chi connectivity index (χ0v) is 10.1. The highest BCUT2D eigenvalue weighted by molar-refractivity contribution is 5.01. The van der Waals surface area contributed by atoms with Gasteiger partial charge in [0.05, 0.1) is 0 Å². The monoisotopic (exact) mass is 198 g/mol. The minimum Gasteiger partial charge on any atom is -0.326 e. The molecule has 0 amide bonds. The number of hydrogen-bond acceptors (Lipinski definition) is 2. The van der Waals surface area contributed by atoms with Gasteiger partial charge in [-0.1, -0.05) is 33.6 Å². The number of hydrogen-bond donors (Lipinski definition) is 1. The van der Waals surface area contributed by atoms with Crippen molar-refractivity contribution < 1.29 is 0 Å². The Kier molecular flexibility index (Phi) is 4.39. The van der Waals surface area contributed by atoms with Gasteiger partial charge in [0.15, 0.2) is 0 Å². The molecule has 2 heteroatoms. The molecule has 0 heterocycles. The van der Waals surface area contributed by atoms with E-state index in [9.17, 15) is 0 Å². The fourth-order valence-corrected chi connectivity index (χ4v) is 3.14. The van der Waals surface area contributed by atoms with Crippen LogP contribution in [0.4, 0.5) is 0 Å². The molecule has 1 aliphatic carbocycles. The second-order valence-electron chi connectivity index (χ2n) is 4.50. The first-order chi connectivity index (χ1) is 6.71. The van der Waals surface area contributed by atoms with Gasteiger partial charge in [-0.05, 0) is 32.4 Å². The smallest absolute Gasteiger partial charge is 0.0360 e. The van der Waals surface area contributed by atoms with Gasteiger partial charge in [-0.25, -0.2) is 0 Å². The molecule has 84 valence electrons. The first-order valence-corrected chi connectivity index (χ1v) is 6.21. The van der Waals surface area contributed by atoms with Crippen LogP contribution in [-0.4, -0.2) is 29.6 Å². The van der Waals surface area contributed by atoms with Gasteiger partial charge in [0.1, 0.15) is 0 Å². The van der Waals surface area contributed by atoms with Crippen LogP contribution in [0.1, 0.15) is 52.9 Å². The Morgan fingerprint density at radius 1 is 1.14 bits per heavy atom. The minimum absolute atomic E-state index is 0.332. The standard InChI is InChI=1S/C12H26N2/c1-4-11(13)12(9-7-8-10-12)14(5-2)6-3/h11H,4-10,13H2,1-3H3. The topological polar surface area (TPSA) is 29.3 Å². The maximum Gasteiger partial charge on any atom is 0.0360 e. The highest BCUT2D eigenvalue weighted by Gasteiger charge is 2.42. The Balaban J connectivity index is 2.79. The lowest BCUT2D eigenvalue weighted by atomic mass is 9.85. The molecule has 1 saturated carbocycles. The molecule has 0 aromatic carbocycles. The zero-order valence-electron chi connectivity index (χ0n) is 10.1. The quantitative estimate of drug-likeness (QED) is 0.735. The van der Waals surface area contributed by atoms with Gasteiger partial charge in [-0.15, -0.1) is 0 Å². The molecule has 2 N–H and O–H groups in total. The first kappa shape index (κ1) is 12.0. The van der Waals surface area contributed by atoms with E-state index in [1.165, 1.54) is 25.7 Å². The lowest BCUT2D eigenvalue weighted by Gasteiger charge is -2.44. The molecular formula is C12H26N2. The number of rotatable bonds is 5. The van der Waals surface area contributed by atoms with E-state index in [1.807, 2.05) is 0 Å². The van der Waals surface area contributed by atoms with Crippen LogP contribution >= 0.6 is 0 Å². The third-order valence-corrected chi connectivity index (χ3v) is 3.99. The van der Waals surface area contributed by atoms with E-state index in [1.54, 1.807) is 0 Å². The normalized spacial score (nSPS) is 22.9. The Morgan fingerprint density at radius 3 is 2.00 bits per heavy atom. The molecule has 14 heavy (non-hydrogen) atoms. The average molecular weight is 198 g/mol. The van der Waals surface area contributed by atoms with E-state index in [0.717, 1.165) is 19.5 Å². The maximum absolute atomic E-state index is 6.32. The lowest BCUT2D eigenvalue weighted by molar-refractivity contribution is 0.0758. The van der Waals surface area contributed by atoms with Crippen LogP contribution in [-0.2, 0) is 0 Å². The average Bonchev–Trinajstić information content (AvgIpc) is 2.69. The molecule has 1 fully saturated rings. The zero-order chi connectivity index (χ0) is 10.6.